The molecule has 0 fully saturated rings. The molecule has 108 valence electrons. The summed E-state index contributed by atoms with van der Waals surface area (Å²) in [6, 6.07) is 5.98. The summed E-state index contributed by atoms with van der Waals surface area (Å²) in [6.07, 6.45) is 1.80. The van der Waals surface area contributed by atoms with Crippen LogP contribution < -0.4 is 5.32 Å². The Hall–Kier alpha value is -1.68. The van der Waals surface area contributed by atoms with Crippen LogP contribution in [0.3, 0.4) is 0 Å². The lowest BCUT2D eigenvalue weighted by molar-refractivity contribution is -0.146. The Kier molecular flexibility index (Phi) is 4.55. The fraction of sp³-hybridized carbons (Fsp3) is 0.500. The zero-order chi connectivity index (χ0) is 14.7. The van der Waals surface area contributed by atoms with Crippen LogP contribution in [0.2, 0.25) is 0 Å². The van der Waals surface area contributed by atoms with Crippen LogP contribution in [-0.2, 0) is 16.0 Å². The molecule has 0 aliphatic heterocycles. The van der Waals surface area contributed by atoms with Crippen molar-refractivity contribution in [3.8, 4) is 0 Å². The van der Waals surface area contributed by atoms with Gasteiger partial charge in [-0.25, -0.2) is 0 Å². The van der Waals surface area contributed by atoms with E-state index in [9.17, 15) is 9.59 Å². The second kappa shape index (κ2) is 6.18. The molecular weight excluding hydrogens is 254 g/mol. The Balaban J connectivity index is 1.98. The van der Waals surface area contributed by atoms with Crippen LogP contribution in [0.25, 0.3) is 0 Å². The van der Waals surface area contributed by atoms with Gasteiger partial charge in [0.05, 0.1) is 12.6 Å². The lowest BCUT2D eigenvalue weighted by atomic mass is 10.0. The third-order valence-corrected chi connectivity index (χ3v) is 3.49. The Labute approximate surface area is 119 Å². The molecule has 1 aliphatic rings. The van der Waals surface area contributed by atoms with E-state index in [-0.39, 0.29) is 30.4 Å². The molecule has 0 saturated carbocycles. The Morgan fingerprint density at radius 2 is 2.15 bits per heavy atom. The molecular formula is C16H21NO3. The molecule has 1 unspecified atom stereocenters. The van der Waals surface area contributed by atoms with Crippen LogP contribution in [0, 0.1) is 0 Å². The van der Waals surface area contributed by atoms with E-state index in [4.69, 9.17) is 4.74 Å². The van der Waals surface area contributed by atoms with Gasteiger partial charge in [-0.05, 0) is 50.8 Å². The summed E-state index contributed by atoms with van der Waals surface area (Å²) in [5.41, 5.74) is 3.14. The summed E-state index contributed by atoms with van der Waals surface area (Å²) >= 11 is 0. The van der Waals surface area contributed by atoms with Crippen LogP contribution in [-0.4, -0.2) is 24.4 Å². The Morgan fingerprint density at radius 3 is 2.80 bits per heavy atom. The van der Waals surface area contributed by atoms with Gasteiger partial charge in [0.25, 0.3) is 0 Å². The predicted octanol–water partition coefficient (Wildman–Crippen LogP) is 2.42. The van der Waals surface area contributed by atoms with Crippen molar-refractivity contribution in [2.24, 2.45) is 0 Å². The van der Waals surface area contributed by atoms with Gasteiger partial charge >= 0.3 is 5.97 Å². The van der Waals surface area contributed by atoms with E-state index in [2.05, 4.69) is 5.32 Å². The Bertz CT molecular complexity index is 522. The first-order valence-electron chi connectivity index (χ1n) is 7.04. The first-order valence-corrected chi connectivity index (χ1v) is 7.04. The molecule has 1 aromatic rings. The number of aryl methyl sites for hydroxylation is 1. The minimum Gasteiger partial charge on any atom is -0.462 e. The van der Waals surface area contributed by atoms with Gasteiger partial charge in [0, 0.05) is 11.6 Å². The average molecular weight is 275 g/mol. The molecule has 0 bridgehead atoms. The number of esters is 1. The molecule has 20 heavy (non-hydrogen) atoms. The number of ether oxygens (including phenoxy) is 1. The molecule has 0 heterocycles. The summed E-state index contributed by atoms with van der Waals surface area (Å²) in [4.78, 5) is 22.9. The first kappa shape index (κ1) is 14.7. The molecule has 0 radical (unpaired) electrons. The number of carbonyl (C=O) groups excluding carboxylic acids is 2. The summed E-state index contributed by atoms with van der Waals surface area (Å²) in [6.45, 7) is 5.48. The molecule has 4 heteroatoms. The van der Waals surface area contributed by atoms with Gasteiger partial charge in [0.15, 0.2) is 5.78 Å². The first-order chi connectivity index (χ1) is 9.47. The number of benzene rings is 1. The summed E-state index contributed by atoms with van der Waals surface area (Å²) < 4.78 is 5.10. The highest BCUT2D eigenvalue weighted by Crippen LogP contribution is 2.31. The summed E-state index contributed by atoms with van der Waals surface area (Å²) in [5, 5.41) is 3.23. The topological polar surface area (TPSA) is 55.4 Å². The van der Waals surface area contributed by atoms with Gasteiger partial charge in [0.2, 0.25) is 0 Å². The number of carbonyl (C=O) groups is 2. The molecule has 1 aromatic carbocycles. The average Bonchev–Trinajstić information content (AvgIpc) is 2.77. The fourth-order valence-corrected chi connectivity index (χ4v) is 2.56. The predicted molar refractivity (Wildman–Crippen MR) is 76.7 cm³/mol. The highest BCUT2D eigenvalue weighted by atomic mass is 16.5. The number of ketones is 1. The van der Waals surface area contributed by atoms with Crippen LogP contribution in [0.1, 0.15) is 54.7 Å². The van der Waals surface area contributed by atoms with Crippen LogP contribution in [0.4, 0.5) is 0 Å². The maximum absolute atomic E-state index is 11.5. The molecule has 0 spiro atoms. The summed E-state index contributed by atoms with van der Waals surface area (Å²) in [5.74, 6) is -0.140. The second-order valence-electron chi connectivity index (χ2n) is 5.48. The number of rotatable bonds is 5. The molecule has 0 amide bonds. The van der Waals surface area contributed by atoms with E-state index in [1.807, 2.05) is 32.0 Å². The van der Waals surface area contributed by atoms with Gasteiger partial charge in [-0.2, -0.15) is 0 Å². The summed E-state index contributed by atoms with van der Waals surface area (Å²) in [7, 11) is 0. The molecule has 1 aliphatic carbocycles. The molecule has 1 atom stereocenters. The molecule has 0 aromatic heterocycles. The number of nitrogens with one attached hydrogen (secondary N) is 1. The molecule has 4 nitrogen and oxygen atoms in total. The van der Waals surface area contributed by atoms with Gasteiger partial charge in [-0.15, -0.1) is 0 Å². The van der Waals surface area contributed by atoms with Crippen molar-refractivity contribution in [1.82, 2.24) is 5.32 Å². The van der Waals surface area contributed by atoms with Crippen molar-refractivity contribution in [2.45, 2.75) is 45.8 Å². The third-order valence-electron chi connectivity index (χ3n) is 3.49. The number of Topliss-reactive ketones (excluding diaryl/α,β-unsaturated/α-hetero) is 1. The van der Waals surface area contributed by atoms with Crippen molar-refractivity contribution in [2.75, 3.05) is 6.54 Å². The van der Waals surface area contributed by atoms with Crippen molar-refractivity contribution < 1.29 is 14.3 Å². The largest absolute Gasteiger partial charge is 0.462 e. The molecule has 1 N–H and O–H groups in total. The minimum absolute atomic E-state index is 0.0849. The van der Waals surface area contributed by atoms with Crippen molar-refractivity contribution in [3.05, 3.63) is 34.9 Å². The van der Waals surface area contributed by atoms with E-state index in [1.165, 1.54) is 11.1 Å². The van der Waals surface area contributed by atoms with Crippen LogP contribution >= 0.6 is 0 Å². The normalized spacial score (nSPS) is 17.1. The van der Waals surface area contributed by atoms with E-state index in [0.717, 1.165) is 18.4 Å². The maximum Gasteiger partial charge on any atom is 0.320 e. The second-order valence-corrected chi connectivity index (χ2v) is 5.48. The lowest BCUT2D eigenvalue weighted by Gasteiger charge is -2.15. The van der Waals surface area contributed by atoms with Gasteiger partial charge in [-0.1, -0.05) is 12.1 Å². The zero-order valence-electron chi connectivity index (χ0n) is 12.2. The van der Waals surface area contributed by atoms with Crippen molar-refractivity contribution in [1.29, 1.82) is 0 Å². The maximum atomic E-state index is 11.5. The van der Waals surface area contributed by atoms with E-state index >= 15 is 0 Å². The third kappa shape index (κ3) is 3.45. The quantitative estimate of drug-likeness (QED) is 0.662. The van der Waals surface area contributed by atoms with Gasteiger partial charge in [0.1, 0.15) is 0 Å². The highest BCUT2D eigenvalue weighted by molar-refractivity contribution is 5.94. The van der Waals surface area contributed by atoms with Crippen LogP contribution in [0.5, 0.6) is 0 Å². The highest BCUT2D eigenvalue weighted by Gasteiger charge is 2.23. The van der Waals surface area contributed by atoms with Crippen molar-refractivity contribution in [3.63, 3.8) is 0 Å². The number of fused-ring (bicyclic) bond motifs is 1. The molecule has 2 rings (SSSR count). The SMILES string of the molecule is CC(=O)c1ccc2c(c1)CCC2NCC(=O)OC(C)C. The zero-order valence-corrected chi connectivity index (χ0v) is 12.2. The van der Waals surface area contributed by atoms with Gasteiger partial charge < -0.3 is 10.1 Å². The minimum atomic E-state index is -0.228. The standard InChI is InChI=1S/C16H21NO3/c1-10(2)20-16(19)9-17-15-7-5-13-8-12(11(3)18)4-6-14(13)15/h4,6,8,10,15,17H,5,7,9H2,1-3H3. The lowest BCUT2D eigenvalue weighted by Crippen LogP contribution is -2.29. The smallest absolute Gasteiger partial charge is 0.320 e. The van der Waals surface area contributed by atoms with Crippen LogP contribution in [0.15, 0.2) is 18.2 Å². The number of hydrogen-bond donors (Lipinski definition) is 1. The van der Waals surface area contributed by atoms with E-state index in [1.54, 1.807) is 6.92 Å². The Morgan fingerprint density at radius 1 is 1.40 bits per heavy atom. The number of hydrogen-bond acceptors (Lipinski definition) is 4. The monoisotopic (exact) mass is 275 g/mol. The van der Waals surface area contributed by atoms with Crippen molar-refractivity contribution >= 4 is 11.8 Å². The fourth-order valence-electron chi connectivity index (χ4n) is 2.56. The van der Waals surface area contributed by atoms with Gasteiger partial charge in [-0.3, -0.25) is 9.59 Å². The van der Waals surface area contributed by atoms with E-state index in [0.29, 0.717) is 0 Å². The molecule has 0 saturated heterocycles. The van der Waals surface area contributed by atoms with E-state index < -0.39 is 0 Å².